The van der Waals surface area contributed by atoms with Gasteiger partial charge in [-0.1, -0.05) is 19.1 Å². The Bertz CT molecular complexity index is 1150. The molecule has 206 valence electrons. The van der Waals surface area contributed by atoms with Gasteiger partial charge in [0.25, 0.3) is 0 Å². The Balaban J connectivity index is 1.30. The molecule has 1 aromatic carbocycles. The smallest absolute Gasteiger partial charge is 0.331 e. The monoisotopic (exact) mass is 525 g/mol. The van der Waals surface area contributed by atoms with Crippen LogP contribution in [0.1, 0.15) is 70.3 Å². The van der Waals surface area contributed by atoms with E-state index in [1.165, 1.54) is 12.1 Å². The number of benzene rings is 1. The largest absolute Gasteiger partial charge is 0.458 e. The Kier molecular flexibility index (Phi) is 6.36. The molecule has 1 aromatic rings. The van der Waals surface area contributed by atoms with E-state index in [9.17, 15) is 24.5 Å². The lowest BCUT2D eigenvalue weighted by atomic mass is 9.41. The molecule has 7 heteroatoms. The minimum atomic E-state index is -1.05. The number of carbonyl (C=O) groups is 1. The van der Waals surface area contributed by atoms with Crippen LogP contribution in [0.15, 0.2) is 40.9 Å². The number of aliphatic hydroxyl groups excluding tert-OH is 1. The standard InChI is InChI=1S/C31H40FNO5/c1-28-11-7-25-26(31(28,37)14-9-24(28)21-16-27(35)38-18-21)8-13-30(36)17-23(34)6-12-29(25,30)19-33-15-10-20-2-4-22(32)5-3-20/h2-5,16,19,23-26,34,36-37H,6-15,17-18H2,1H3/t23-,24-,25-,26-,28+,29-,30-,31-/m0/s1. The van der Waals surface area contributed by atoms with Crippen molar-refractivity contribution in [3.63, 3.8) is 0 Å². The lowest BCUT2D eigenvalue weighted by Crippen LogP contribution is -2.68. The van der Waals surface area contributed by atoms with Gasteiger partial charge >= 0.3 is 5.97 Å². The predicted molar refractivity (Wildman–Crippen MR) is 141 cm³/mol. The predicted octanol–water partition coefficient (Wildman–Crippen LogP) is 4.15. The number of rotatable bonds is 5. The van der Waals surface area contributed by atoms with E-state index in [1.807, 2.05) is 6.21 Å². The van der Waals surface area contributed by atoms with Crippen LogP contribution in [0.3, 0.4) is 0 Å². The number of cyclic esters (lactones) is 1. The number of halogens is 1. The number of aliphatic hydroxyl groups is 3. The number of carbonyl (C=O) groups excluding carboxylic acids is 1. The van der Waals surface area contributed by atoms with Crippen LogP contribution >= 0.6 is 0 Å². The van der Waals surface area contributed by atoms with Crippen LogP contribution in [0.25, 0.3) is 0 Å². The minimum absolute atomic E-state index is 0.0175. The molecule has 1 heterocycles. The Hall–Kier alpha value is -2.09. The molecule has 0 spiro atoms. The van der Waals surface area contributed by atoms with E-state index in [4.69, 9.17) is 9.73 Å². The van der Waals surface area contributed by atoms with Crippen LogP contribution in [0, 0.1) is 34.4 Å². The molecule has 0 aromatic heterocycles. The van der Waals surface area contributed by atoms with Crippen LogP contribution in [0.5, 0.6) is 0 Å². The summed E-state index contributed by atoms with van der Waals surface area (Å²) in [6.45, 7) is 3.06. The van der Waals surface area contributed by atoms with Crippen molar-refractivity contribution in [1.29, 1.82) is 0 Å². The molecule has 4 fully saturated rings. The van der Waals surface area contributed by atoms with Gasteiger partial charge in [0.05, 0.1) is 17.3 Å². The first kappa shape index (κ1) is 26.1. The highest BCUT2D eigenvalue weighted by atomic mass is 19.1. The van der Waals surface area contributed by atoms with Crippen molar-refractivity contribution in [2.24, 2.45) is 33.6 Å². The van der Waals surface area contributed by atoms with Crippen molar-refractivity contribution >= 4 is 12.2 Å². The van der Waals surface area contributed by atoms with Gasteiger partial charge in [-0.05, 0) is 98.8 Å². The number of esters is 1. The molecular formula is C31H40FNO5. The molecule has 38 heavy (non-hydrogen) atoms. The Morgan fingerprint density at radius 3 is 2.55 bits per heavy atom. The normalized spacial score (nSPS) is 44.3. The second-order valence-corrected chi connectivity index (χ2v) is 12.9. The minimum Gasteiger partial charge on any atom is -0.458 e. The van der Waals surface area contributed by atoms with Crippen molar-refractivity contribution in [1.82, 2.24) is 0 Å². The van der Waals surface area contributed by atoms with E-state index in [1.54, 1.807) is 18.2 Å². The molecule has 4 saturated carbocycles. The molecule has 0 amide bonds. The Labute approximate surface area is 224 Å². The highest BCUT2D eigenvalue weighted by Gasteiger charge is 2.71. The van der Waals surface area contributed by atoms with Crippen LogP contribution in [0.2, 0.25) is 0 Å². The first-order valence-electron chi connectivity index (χ1n) is 14.4. The highest BCUT2D eigenvalue weighted by Crippen LogP contribution is 2.70. The Morgan fingerprint density at radius 2 is 1.82 bits per heavy atom. The number of aliphatic imine (C=N–C) groups is 1. The first-order chi connectivity index (χ1) is 18.1. The third-order valence-corrected chi connectivity index (χ3v) is 11.4. The molecular weight excluding hydrogens is 485 g/mol. The van der Waals surface area contributed by atoms with Crippen LogP contribution in [-0.4, -0.2) is 58.0 Å². The van der Waals surface area contributed by atoms with Crippen molar-refractivity contribution in [2.45, 2.75) is 88.4 Å². The number of nitrogens with zero attached hydrogens (tertiary/aromatic N) is 1. The molecule has 3 N–H and O–H groups in total. The summed E-state index contributed by atoms with van der Waals surface area (Å²) in [5, 5.41) is 35.1. The van der Waals surface area contributed by atoms with E-state index in [0.29, 0.717) is 58.1 Å². The molecule has 6 nitrogen and oxygen atoms in total. The fourth-order valence-electron chi connectivity index (χ4n) is 9.43. The molecule has 0 bridgehead atoms. The van der Waals surface area contributed by atoms with Crippen molar-refractivity contribution in [3.8, 4) is 0 Å². The van der Waals surface area contributed by atoms with Crippen LogP contribution in [0.4, 0.5) is 4.39 Å². The molecule has 5 aliphatic rings. The topological polar surface area (TPSA) is 99.4 Å². The summed E-state index contributed by atoms with van der Waals surface area (Å²) in [5.41, 5.74) is -0.865. The summed E-state index contributed by atoms with van der Waals surface area (Å²) in [7, 11) is 0. The molecule has 4 aliphatic carbocycles. The summed E-state index contributed by atoms with van der Waals surface area (Å²) in [6, 6.07) is 6.48. The third kappa shape index (κ3) is 3.83. The zero-order valence-corrected chi connectivity index (χ0v) is 22.2. The second-order valence-electron chi connectivity index (χ2n) is 12.9. The molecule has 1 aliphatic heterocycles. The van der Waals surface area contributed by atoms with Gasteiger partial charge in [0.15, 0.2) is 0 Å². The molecule has 8 atom stereocenters. The molecule has 0 saturated heterocycles. The maximum atomic E-state index is 13.3. The van der Waals surface area contributed by atoms with Crippen molar-refractivity contribution < 1.29 is 29.2 Å². The first-order valence-corrected chi connectivity index (χ1v) is 14.4. The second kappa shape index (κ2) is 9.24. The zero-order chi connectivity index (χ0) is 26.8. The Morgan fingerprint density at radius 1 is 1.05 bits per heavy atom. The van der Waals surface area contributed by atoms with E-state index in [-0.39, 0.29) is 35.0 Å². The third-order valence-electron chi connectivity index (χ3n) is 11.4. The highest BCUT2D eigenvalue weighted by molar-refractivity contribution is 5.85. The van der Waals surface area contributed by atoms with Gasteiger partial charge < -0.3 is 20.1 Å². The summed E-state index contributed by atoms with van der Waals surface area (Å²) < 4.78 is 18.5. The number of hydrogen-bond donors (Lipinski definition) is 3. The molecule has 6 rings (SSSR count). The molecule has 0 unspecified atom stereocenters. The van der Waals surface area contributed by atoms with Gasteiger partial charge in [-0.3, -0.25) is 4.99 Å². The maximum Gasteiger partial charge on any atom is 0.331 e. The van der Waals surface area contributed by atoms with Gasteiger partial charge in [0, 0.05) is 36.1 Å². The number of fused-ring (bicyclic) bond motifs is 5. The van der Waals surface area contributed by atoms with Gasteiger partial charge in [-0.15, -0.1) is 0 Å². The lowest BCUT2D eigenvalue weighted by Gasteiger charge is -2.65. The van der Waals surface area contributed by atoms with Gasteiger partial charge in [0.1, 0.15) is 12.4 Å². The van der Waals surface area contributed by atoms with E-state index < -0.39 is 22.7 Å². The fraction of sp³-hybridized carbons (Fsp3) is 0.677. The number of hydrogen-bond acceptors (Lipinski definition) is 6. The fourth-order valence-corrected chi connectivity index (χ4v) is 9.43. The SMILES string of the molecule is C[C@]12CC[C@H]3[C@H](CC[C@]4(O)C[C@@H](O)CC[C@]34C=NCCc3ccc(F)cc3)[C@@]1(O)CC[C@H]2C1=CC(=O)OC1. The van der Waals surface area contributed by atoms with Gasteiger partial charge in [-0.25, -0.2) is 9.18 Å². The van der Waals surface area contributed by atoms with Crippen molar-refractivity contribution in [2.75, 3.05) is 13.2 Å². The summed E-state index contributed by atoms with van der Waals surface area (Å²) in [6.07, 6.45) is 9.80. The van der Waals surface area contributed by atoms with E-state index in [0.717, 1.165) is 30.4 Å². The van der Waals surface area contributed by atoms with Crippen molar-refractivity contribution in [3.05, 3.63) is 47.3 Å². The van der Waals surface area contributed by atoms with Crippen LogP contribution in [-0.2, 0) is 16.0 Å². The van der Waals surface area contributed by atoms with E-state index in [2.05, 4.69) is 6.92 Å². The zero-order valence-electron chi connectivity index (χ0n) is 22.2. The average Bonchev–Trinajstić information content (AvgIpc) is 3.42. The summed E-state index contributed by atoms with van der Waals surface area (Å²) in [5.74, 6) is -0.337. The maximum absolute atomic E-state index is 13.3. The summed E-state index contributed by atoms with van der Waals surface area (Å²) >= 11 is 0. The lowest BCUT2D eigenvalue weighted by molar-refractivity contribution is -0.237. The molecule has 0 radical (unpaired) electrons. The summed E-state index contributed by atoms with van der Waals surface area (Å²) in [4.78, 5) is 16.7. The average molecular weight is 526 g/mol. The quantitative estimate of drug-likeness (QED) is 0.396. The van der Waals surface area contributed by atoms with Crippen LogP contribution < -0.4 is 0 Å². The van der Waals surface area contributed by atoms with Gasteiger partial charge in [-0.2, -0.15) is 0 Å². The number of ether oxygens (including phenoxy) is 1. The van der Waals surface area contributed by atoms with Gasteiger partial charge in [0.2, 0.25) is 0 Å². The van der Waals surface area contributed by atoms with E-state index >= 15 is 0 Å².